The Bertz CT molecular complexity index is 903. The molecule has 0 aliphatic rings. The van der Waals surface area contributed by atoms with Crippen LogP contribution in [0.2, 0.25) is 0 Å². The highest BCUT2D eigenvalue weighted by atomic mass is 16.5. The van der Waals surface area contributed by atoms with E-state index in [4.69, 9.17) is 9.47 Å². The number of rotatable bonds is 4. The molecule has 0 atom stereocenters. The number of benzene rings is 2. The average molecular weight is 321 g/mol. The predicted molar refractivity (Wildman–Crippen MR) is 93.3 cm³/mol. The number of nitrogens with zero attached hydrogens (tertiary/aromatic N) is 1. The summed E-state index contributed by atoms with van der Waals surface area (Å²) in [6.07, 6.45) is 0. The van der Waals surface area contributed by atoms with Crippen LogP contribution in [0.1, 0.15) is 27.2 Å². The summed E-state index contributed by atoms with van der Waals surface area (Å²) >= 11 is 0. The van der Waals surface area contributed by atoms with Gasteiger partial charge in [0.15, 0.2) is 5.69 Å². The topological polar surface area (TPSA) is 48.4 Å². The van der Waals surface area contributed by atoms with Crippen molar-refractivity contribution in [2.75, 3.05) is 7.11 Å². The van der Waals surface area contributed by atoms with Gasteiger partial charge in [0.05, 0.1) is 12.6 Å². The summed E-state index contributed by atoms with van der Waals surface area (Å²) in [5.74, 6) is 0.158. The van der Waals surface area contributed by atoms with Crippen molar-refractivity contribution in [1.82, 2.24) is 4.98 Å². The smallest absolute Gasteiger partial charge is 0.356 e. The number of methoxy groups -OCH3 is 1. The Kier molecular flexibility index (Phi) is 4.47. The van der Waals surface area contributed by atoms with Gasteiger partial charge in [-0.15, -0.1) is 0 Å². The highest BCUT2D eigenvalue weighted by Gasteiger charge is 2.14. The summed E-state index contributed by atoms with van der Waals surface area (Å²) in [4.78, 5) is 16.2. The van der Waals surface area contributed by atoms with Crippen molar-refractivity contribution in [2.45, 2.75) is 20.5 Å². The Balaban J connectivity index is 2.02. The quantitative estimate of drug-likeness (QED) is 0.675. The van der Waals surface area contributed by atoms with Crippen LogP contribution >= 0.6 is 0 Å². The first-order chi connectivity index (χ1) is 11.6. The Morgan fingerprint density at radius 3 is 2.62 bits per heavy atom. The normalized spacial score (nSPS) is 10.6. The average Bonchev–Trinajstić information content (AvgIpc) is 2.60. The Labute approximate surface area is 141 Å². The molecule has 0 fully saturated rings. The van der Waals surface area contributed by atoms with Gasteiger partial charge < -0.3 is 9.47 Å². The van der Waals surface area contributed by atoms with Gasteiger partial charge in [-0.25, -0.2) is 9.78 Å². The second kappa shape index (κ2) is 6.71. The number of pyridine rings is 1. The van der Waals surface area contributed by atoms with E-state index in [0.717, 1.165) is 16.5 Å². The second-order valence-electron chi connectivity index (χ2n) is 5.73. The zero-order valence-corrected chi connectivity index (χ0v) is 14.0. The van der Waals surface area contributed by atoms with Crippen LogP contribution in [-0.2, 0) is 11.3 Å². The van der Waals surface area contributed by atoms with Crippen molar-refractivity contribution in [2.24, 2.45) is 0 Å². The first-order valence-electron chi connectivity index (χ1n) is 7.75. The van der Waals surface area contributed by atoms with Crippen molar-refractivity contribution in [3.8, 4) is 5.75 Å². The summed E-state index contributed by atoms with van der Waals surface area (Å²) < 4.78 is 10.8. The van der Waals surface area contributed by atoms with Crippen LogP contribution in [0.5, 0.6) is 5.75 Å². The molecule has 0 saturated heterocycles. The molecule has 0 bridgehead atoms. The van der Waals surface area contributed by atoms with Crippen LogP contribution in [0.15, 0.2) is 48.5 Å². The molecule has 4 nitrogen and oxygen atoms in total. The van der Waals surface area contributed by atoms with Gasteiger partial charge in [-0.05, 0) is 37.1 Å². The maximum Gasteiger partial charge on any atom is 0.356 e. The third kappa shape index (κ3) is 3.23. The van der Waals surface area contributed by atoms with Gasteiger partial charge in [-0.3, -0.25) is 0 Å². The molecule has 0 spiro atoms. The van der Waals surface area contributed by atoms with Crippen LogP contribution < -0.4 is 4.74 Å². The number of aromatic nitrogens is 1. The predicted octanol–water partition coefficient (Wildman–Crippen LogP) is 4.22. The van der Waals surface area contributed by atoms with Crippen LogP contribution in [0.4, 0.5) is 0 Å². The molecule has 0 amide bonds. The minimum Gasteiger partial charge on any atom is -0.488 e. The number of aryl methyl sites for hydroxylation is 2. The maximum atomic E-state index is 11.9. The fraction of sp³-hybridized carbons (Fsp3) is 0.200. The zero-order chi connectivity index (χ0) is 17.1. The number of hydrogen-bond donors (Lipinski definition) is 0. The van der Waals surface area contributed by atoms with E-state index in [1.165, 1.54) is 12.7 Å². The minimum atomic E-state index is -0.474. The molecule has 1 heterocycles. The number of ether oxygens (including phenoxy) is 2. The fourth-order valence-corrected chi connectivity index (χ4v) is 2.56. The Hall–Kier alpha value is -2.88. The molecule has 0 aliphatic heterocycles. The maximum absolute atomic E-state index is 11.9. The van der Waals surface area contributed by atoms with Gasteiger partial charge in [0.2, 0.25) is 0 Å². The third-order valence-electron chi connectivity index (χ3n) is 3.97. The SMILES string of the molecule is COC(=O)c1cc(OCc2ccccc2C)c2cc(C)ccc2n1. The highest BCUT2D eigenvalue weighted by Crippen LogP contribution is 2.28. The Morgan fingerprint density at radius 2 is 1.88 bits per heavy atom. The van der Waals surface area contributed by atoms with E-state index >= 15 is 0 Å². The highest BCUT2D eigenvalue weighted by molar-refractivity contribution is 5.94. The van der Waals surface area contributed by atoms with Gasteiger partial charge >= 0.3 is 5.97 Å². The lowest BCUT2D eigenvalue weighted by molar-refractivity contribution is 0.0594. The molecule has 0 radical (unpaired) electrons. The van der Waals surface area contributed by atoms with E-state index in [1.54, 1.807) is 6.07 Å². The minimum absolute atomic E-state index is 0.244. The second-order valence-corrected chi connectivity index (χ2v) is 5.73. The molecule has 2 aromatic carbocycles. The zero-order valence-electron chi connectivity index (χ0n) is 14.0. The van der Waals surface area contributed by atoms with E-state index in [1.807, 2.05) is 56.3 Å². The number of esters is 1. The number of carbonyl (C=O) groups excluding carboxylic acids is 1. The van der Waals surface area contributed by atoms with Gasteiger partial charge in [0.1, 0.15) is 12.4 Å². The molecule has 0 saturated carbocycles. The monoisotopic (exact) mass is 321 g/mol. The molecule has 1 aromatic heterocycles. The van der Waals surface area contributed by atoms with Crippen LogP contribution in [0, 0.1) is 13.8 Å². The molecule has 3 aromatic rings. The van der Waals surface area contributed by atoms with Gasteiger partial charge in [0, 0.05) is 11.5 Å². The van der Waals surface area contributed by atoms with E-state index < -0.39 is 5.97 Å². The molecule has 4 heteroatoms. The van der Waals surface area contributed by atoms with Crippen molar-refractivity contribution in [3.63, 3.8) is 0 Å². The van der Waals surface area contributed by atoms with E-state index in [2.05, 4.69) is 4.98 Å². The molecule has 0 N–H and O–H groups in total. The summed E-state index contributed by atoms with van der Waals surface area (Å²) in [6.45, 7) is 4.49. The van der Waals surface area contributed by atoms with Crippen molar-refractivity contribution >= 4 is 16.9 Å². The van der Waals surface area contributed by atoms with Crippen molar-refractivity contribution < 1.29 is 14.3 Å². The molecule has 0 unspecified atom stereocenters. The summed E-state index contributed by atoms with van der Waals surface area (Å²) in [6, 6.07) is 15.6. The van der Waals surface area contributed by atoms with Crippen LogP contribution in [-0.4, -0.2) is 18.1 Å². The fourth-order valence-electron chi connectivity index (χ4n) is 2.56. The summed E-state index contributed by atoms with van der Waals surface area (Å²) in [5.41, 5.74) is 4.34. The number of hydrogen-bond acceptors (Lipinski definition) is 4. The van der Waals surface area contributed by atoms with Crippen LogP contribution in [0.3, 0.4) is 0 Å². The largest absolute Gasteiger partial charge is 0.488 e. The standard InChI is InChI=1S/C20H19NO3/c1-13-8-9-17-16(10-13)19(11-18(21-17)20(22)23-3)24-12-15-7-5-4-6-14(15)2/h4-11H,12H2,1-3H3. The molecule has 122 valence electrons. The molecule has 24 heavy (non-hydrogen) atoms. The van der Waals surface area contributed by atoms with Gasteiger partial charge in [-0.1, -0.05) is 35.9 Å². The summed E-state index contributed by atoms with van der Waals surface area (Å²) in [7, 11) is 1.34. The van der Waals surface area contributed by atoms with E-state index in [0.29, 0.717) is 17.9 Å². The third-order valence-corrected chi connectivity index (χ3v) is 3.97. The first-order valence-corrected chi connectivity index (χ1v) is 7.75. The molecule has 0 aliphatic carbocycles. The van der Waals surface area contributed by atoms with Crippen LogP contribution in [0.25, 0.3) is 10.9 Å². The van der Waals surface area contributed by atoms with E-state index in [9.17, 15) is 4.79 Å². The molecular formula is C20H19NO3. The Morgan fingerprint density at radius 1 is 1.08 bits per heavy atom. The van der Waals surface area contributed by atoms with E-state index in [-0.39, 0.29) is 5.69 Å². The first kappa shape index (κ1) is 16.0. The number of carbonyl (C=O) groups is 1. The lowest BCUT2D eigenvalue weighted by atomic mass is 10.1. The lowest BCUT2D eigenvalue weighted by Gasteiger charge is -2.12. The lowest BCUT2D eigenvalue weighted by Crippen LogP contribution is -2.06. The molecular weight excluding hydrogens is 302 g/mol. The molecule has 3 rings (SSSR count). The van der Waals surface area contributed by atoms with Crippen molar-refractivity contribution in [3.05, 3.63) is 70.9 Å². The summed E-state index contributed by atoms with van der Waals surface area (Å²) in [5, 5.41) is 0.885. The van der Waals surface area contributed by atoms with Gasteiger partial charge in [0.25, 0.3) is 0 Å². The van der Waals surface area contributed by atoms with Gasteiger partial charge in [-0.2, -0.15) is 0 Å². The van der Waals surface area contributed by atoms with Crippen molar-refractivity contribution in [1.29, 1.82) is 0 Å². The number of fused-ring (bicyclic) bond motifs is 1.